The normalized spacial score (nSPS) is 22.2. The summed E-state index contributed by atoms with van der Waals surface area (Å²) in [5.74, 6) is 0.183. The second kappa shape index (κ2) is 4.96. The first-order valence-electron chi connectivity index (χ1n) is 6.72. The van der Waals surface area contributed by atoms with Crippen molar-refractivity contribution in [2.24, 2.45) is 0 Å². The van der Waals surface area contributed by atoms with Crippen LogP contribution in [0.2, 0.25) is 0 Å². The molecule has 3 heteroatoms. The van der Waals surface area contributed by atoms with Gasteiger partial charge in [-0.2, -0.15) is 0 Å². The Labute approximate surface area is 114 Å². The van der Waals surface area contributed by atoms with Crippen LogP contribution in [0.1, 0.15) is 6.92 Å². The number of nitrogens with zero attached hydrogens (tertiary/aromatic N) is 1. The SMILES string of the molecule is CCN1CC1P(=O)(c1ccccc1)c1ccccc1. The second-order valence-electron chi connectivity index (χ2n) is 4.90. The Morgan fingerprint density at radius 3 is 1.84 bits per heavy atom. The lowest BCUT2D eigenvalue weighted by atomic mass is 10.4. The largest absolute Gasteiger partial charge is 0.312 e. The van der Waals surface area contributed by atoms with Crippen LogP contribution >= 0.6 is 7.14 Å². The second-order valence-corrected chi connectivity index (χ2v) is 7.84. The van der Waals surface area contributed by atoms with Crippen molar-refractivity contribution in [3.8, 4) is 0 Å². The highest BCUT2D eigenvalue weighted by Crippen LogP contribution is 2.55. The molecule has 1 aliphatic heterocycles. The van der Waals surface area contributed by atoms with Crippen LogP contribution in [0.25, 0.3) is 0 Å². The summed E-state index contributed by atoms with van der Waals surface area (Å²) in [5.41, 5.74) is 0. The molecular formula is C16H18NOP. The fourth-order valence-electron chi connectivity index (χ4n) is 2.64. The zero-order valence-corrected chi connectivity index (χ0v) is 12.0. The van der Waals surface area contributed by atoms with Gasteiger partial charge in [-0.25, -0.2) is 0 Å². The lowest BCUT2D eigenvalue weighted by Crippen LogP contribution is -2.21. The minimum absolute atomic E-state index is 0.183. The monoisotopic (exact) mass is 271 g/mol. The molecule has 2 nitrogen and oxygen atoms in total. The zero-order valence-electron chi connectivity index (χ0n) is 11.1. The smallest absolute Gasteiger partial charge is 0.160 e. The van der Waals surface area contributed by atoms with E-state index in [0.717, 1.165) is 23.7 Å². The fraction of sp³-hybridized carbons (Fsp3) is 0.250. The molecule has 0 saturated carbocycles. The van der Waals surface area contributed by atoms with E-state index in [1.807, 2.05) is 60.7 Å². The summed E-state index contributed by atoms with van der Waals surface area (Å²) < 4.78 is 13.7. The lowest BCUT2D eigenvalue weighted by Gasteiger charge is -2.19. The van der Waals surface area contributed by atoms with Crippen LogP contribution in [-0.2, 0) is 4.57 Å². The van der Waals surface area contributed by atoms with Gasteiger partial charge in [-0.1, -0.05) is 67.6 Å². The summed E-state index contributed by atoms with van der Waals surface area (Å²) in [6.07, 6.45) is 0. The van der Waals surface area contributed by atoms with Gasteiger partial charge in [0.2, 0.25) is 0 Å². The molecule has 0 bridgehead atoms. The molecule has 0 aliphatic carbocycles. The fourth-order valence-corrected chi connectivity index (χ4v) is 5.92. The molecule has 2 unspecified atom stereocenters. The maximum absolute atomic E-state index is 13.7. The Hall–Kier alpha value is -1.37. The first-order chi connectivity index (χ1) is 9.26. The highest BCUT2D eigenvalue weighted by Gasteiger charge is 2.49. The zero-order chi connectivity index (χ0) is 13.3. The number of likely N-dealkylation sites (N-methyl/N-ethyl adjacent to an activating group) is 1. The van der Waals surface area contributed by atoms with E-state index in [1.54, 1.807) is 0 Å². The van der Waals surface area contributed by atoms with Crippen molar-refractivity contribution in [2.45, 2.75) is 12.7 Å². The maximum atomic E-state index is 13.7. The van der Waals surface area contributed by atoms with Gasteiger partial charge >= 0.3 is 0 Å². The van der Waals surface area contributed by atoms with Crippen LogP contribution in [0.4, 0.5) is 0 Å². The summed E-state index contributed by atoms with van der Waals surface area (Å²) in [7, 11) is -2.53. The van der Waals surface area contributed by atoms with Crippen LogP contribution in [0.5, 0.6) is 0 Å². The predicted molar refractivity (Wildman–Crippen MR) is 80.8 cm³/mol. The molecule has 98 valence electrons. The van der Waals surface area contributed by atoms with Crippen molar-refractivity contribution >= 4 is 17.8 Å². The molecule has 2 atom stereocenters. The van der Waals surface area contributed by atoms with Gasteiger partial charge in [0.05, 0.1) is 5.78 Å². The van der Waals surface area contributed by atoms with Crippen LogP contribution in [0.3, 0.4) is 0 Å². The minimum Gasteiger partial charge on any atom is -0.312 e. The van der Waals surface area contributed by atoms with Crippen molar-refractivity contribution in [1.82, 2.24) is 4.90 Å². The quantitative estimate of drug-likeness (QED) is 0.629. The first kappa shape index (κ1) is 12.7. The van der Waals surface area contributed by atoms with Gasteiger partial charge in [-0.05, 0) is 6.54 Å². The molecule has 0 N–H and O–H groups in total. The third-order valence-corrected chi connectivity index (χ3v) is 7.25. The Bertz CT molecular complexity index is 553. The van der Waals surface area contributed by atoms with Gasteiger partial charge in [-0.15, -0.1) is 0 Å². The molecule has 1 aliphatic rings. The Morgan fingerprint density at radius 2 is 1.47 bits per heavy atom. The number of benzene rings is 2. The molecule has 0 amide bonds. The van der Waals surface area contributed by atoms with Crippen LogP contribution < -0.4 is 10.6 Å². The van der Waals surface area contributed by atoms with Gasteiger partial charge in [0.15, 0.2) is 7.14 Å². The topological polar surface area (TPSA) is 20.1 Å². The Morgan fingerprint density at radius 1 is 1.00 bits per heavy atom. The highest BCUT2D eigenvalue weighted by atomic mass is 31.2. The minimum atomic E-state index is -2.53. The Kier molecular flexibility index (Phi) is 3.30. The lowest BCUT2D eigenvalue weighted by molar-refractivity contribution is 0.551. The standard InChI is InChI=1S/C16H18NOP/c1-2-17-13-16(17)19(18,14-9-5-3-6-10-14)15-11-7-4-8-12-15/h3-12,16H,2,13H2,1H3. The molecule has 19 heavy (non-hydrogen) atoms. The van der Waals surface area contributed by atoms with E-state index in [0.29, 0.717) is 0 Å². The van der Waals surface area contributed by atoms with E-state index in [1.165, 1.54) is 0 Å². The van der Waals surface area contributed by atoms with Crippen LogP contribution in [0, 0.1) is 0 Å². The summed E-state index contributed by atoms with van der Waals surface area (Å²) in [6.45, 7) is 4.03. The molecule has 3 rings (SSSR count). The number of hydrogen-bond acceptors (Lipinski definition) is 2. The van der Waals surface area contributed by atoms with Crippen molar-refractivity contribution in [2.75, 3.05) is 13.1 Å². The third kappa shape index (κ3) is 2.16. The van der Waals surface area contributed by atoms with Crippen molar-refractivity contribution in [1.29, 1.82) is 0 Å². The molecule has 2 aromatic rings. The van der Waals surface area contributed by atoms with E-state index in [2.05, 4.69) is 11.8 Å². The van der Waals surface area contributed by atoms with Crippen molar-refractivity contribution in [3.05, 3.63) is 60.7 Å². The average Bonchev–Trinajstić information content (AvgIpc) is 3.28. The molecule has 0 spiro atoms. The van der Waals surface area contributed by atoms with E-state index >= 15 is 0 Å². The predicted octanol–water partition coefficient (Wildman–Crippen LogP) is 2.66. The van der Waals surface area contributed by atoms with E-state index < -0.39 is 7.14 Å². The molecule has 1 heterocycles. The summed E-state index contributed by atoms with van der Waals surface area (Å²) in [6, 6.07) is 19.9. The van der Waals surface area contributed by atoms with Gasteiger partial charge in [-0.3, -0.25) is 4.90 Å². The first-order valence-corrected chi connectivity index (χ1v) is 8.49. The molecule has 2 aromatic carbocycles. The van der Waals surface area contributed by atoms with E-state index in [9.17, 15) is 4.57 Å². The van der Waals surface area contributed by atoms with Gasteiger partial charge < -0.3 is 4.57 Å². The van der Waals surface area contributed by atoms with Crippen molar-refractivity contribution in [3.63, 3.8) is 0 Å². The van der Waals surface area contributed by atoms with E-state index in [-0.39, 0.29) is 5.78 Å². The van der Waals surface area contributed by atoms with Gasteiger partial charge in [0.1, 0.15) is 0 Å². The molecular weight excluding hydrogens is 253 g/mol. The van der Waals surface area contributed by atoms with E-state index in [4.69, 9.17) is 0 Å². The summed E-state index contributed by atoms with van der Waals surface area (Å²) in [4.78, 5) is 2.28. The molecule has 0 aromatic heterocycles. The molecule has 1 fully saturated rings. The summed E-state index contributed by atoms with van der Waals surface area (Å²) >= 11 is 0. The third-order valence-electron chi connectivity index (χ3n) is 3.79. The van der Waals surface area contributed by atoms with Crippen LogP contribution in [0.15, 0.2) is 60.7 Å². The molecule has 0 radical (unpaired) electrons. The number of hydrogen-bond donors (Lipinski definition) is 0. The highest BCUT2D eigenvalue weighted by molar-refractivity contribution is 7.79. The summed E-state index contributed by atoms with van der Waals surface area (Å²) in [5, 5.41) is 1.95. The van der Waals surface area contributed by atoms with Crippen molar-refractivity contribution < 1.29 is 4.57 Å². The average molecular weight is 271 g/mol. The number of rotatable bonds is 4. The van der Waals surface area contributed by atoms with Gasteiger partial charge in [0.25, 0.3) is 0 Å². The Balaban J connectivity index is 2.10. The van der Waals surface area contributed by atoms with Crippen LogP contribution in [-0.4, -0.2) is 23.8 Å². The maximum Gasteiger partial charge on any atom is 0.160 e. The van der Waals surface area contributed by atoms with Gasteiger partial charge in [0, 0.05) is 17.2 Å². The molecule has 1 saturated heterocycles.